The fraction of sp³-hybridized carbons (Fsp3) is 0.308. The number of fused-ring (bicyclic) bond motifs is 1. The summed E-state index contributed by atoms with van der Waals surface area (Å²) in [5.41, 5.74) is 2.94. The van der Waals surface area contributed by atoms with Crippen molar-refractivity contribution in [3.63, 3.8) is 0 Å². The zero-order valence-electron chi connectivity index (χ0n) is 11.6. The first-order chi connectivity index (χ1) is 9.76. The van der Waals surface area contributed by atoms with Gasteiger partial charge in [0.15, 0.2) is 5.75 Å². The molecule has 0 radical (unpaired) electrons. The highest BCUT2D eigenvalue weighted by Crippen LogP contribution is 2.30. The highest BCUT2D eigenvalue weighted by atomic mass is 16.5. The molecular formula is C13H16N6O. The quantitative estimate of drug-likeness (QED) is 0.760. The number of nitrogens with zero attached hydrogens (tertiary/aromatic N) is 5. The molecule has 1 unspecified atom stereocenters. The average molecular weight is 272 g/mol. The molecule has 0 aliphatic carbocycles. The first kappa shape index (κ1) is 12.6. The summed E-state index contributed by atoms with van der Waals surface area (Å²) in [5, 5.41) is 11.9. The van der Waals surface area contributed by atoms with Crippen molar-refractivity contribution in [1.82, 2.24) is 29.7 Å². The second-order valence-electron chi connectivity index (χ2n) is 4.45. The Kier molecular flexibility index (Phi) is 3.11. The Balaban J connectivity index is 2.16. The lowest BCUT2D eigenvalue weighted by molar-refractivity contribution is 0.403. The smallest absolute Gasteiger partial charge is 0.161 e. The second kappa shape index (κ2) is 4.93. The van der Waals surface area contributed by atoms with E-state index in [4.69, 9.17) is 4.74 Å². The SMILES string of the molecule is CNC(c1cnn2ccncc12)c1c(OC)cnn1C. The molecule has 1 atom stereocenters. The van der Waals surface area contributed by atoms with Gasteiger partial charge in [-0.3, -0.25) is 9.67 Å². The van der Waals surface area contributed by atoms with Gasteiger partial charge in [-0.05, 0) is 7.05 Å². The monoisotopic (exact) mass is 272 g/mol. The molecule has 7 nitrogen and oxygen atoms in total. The Morgan fingerprint density at radius 1 is 1.25 bits per heavy atom. The predicted molar refractivity (Wildman–Crippen MR) is 73.6 cm³/mol. The molecule has 3 rings (SSSR count). The van der Waals surface area contributed by atoms with E-state index in [9.17, 15) is 0 Å². The van der Waals surface area contributed by atoms with E-state index in [1.165, 1.54) is 0 Å². The van der Waals surface area contributed by atoms with Crippen molar-refractivity contribution < 1.29 is 4.74 Å². The minimum Gasteiger partial charge on any atom is -0.493 e. The Labute approximate surface area is 116 Å². The number of rotatable bonds is 4. The molecule has 0 aliphatic rings. The number of aromatic nitrogens is 5. The van der Waals surface area contributed by atoms with Crippen molar-refractivity contribution in [1.29, 1.82) is 0 Å². The minimum absolute atomic E-state index is 0.0702. The van der Waals surface area contributed by atoms with Gasteiger partial charge in [0.1, 0.15) is 5.69 Å². The van der Waals surface area contributed by atoms with Crippen LogP contribution in [0.4, 0.5) is 0 Å². The van der Waals surface area contributed by atoms with Crippen molar-refractivity contribution in [2.24, 2.45) is 7.05 Å². The molecule has 0 bridgehead atoms. The summed E-state index contributed by atoms with van der Waals surface area (Å²) < 4.78 is 9.00. The molecule has 0 saturated carbocycles. The highest BCUT2D eigenvalue weighted by Gasteiger charge is 2.24. The fourth-order valence-electron chi connectivity index (χ4n) is 2.43. The van der Waals surface area contributed by atoms with Gasteiger partial charge in [-0.15, -0.1) is 0 Å². The van der Waals surface area contributed by atoms with Crippen LogP contribution >= 0.6 is 0 Å². The van der Waals surface area contributed by atoms with E-state index in [2.05, 4.69) is 20.5 Å². The van der Waals surface area contributed by atoms with Gasteiger partial charge in [-0.1, -0.05) is 0 Å². The molecule has 3 aromatic rings. The van der Waals surface area contributed by atoms with E-state index in [0.29, 0.717) is 0 Å². The first-order valence-electron chi connectivity index (χ1n) is 6.26. The van der Waals surface area contributed by atoms with Crippen LogP contribution in [0.25, 0.3) is 5.52 Å². The number of aryl methyl sites for hydroxylation is 1. The van der Waals surface area contributed by atoms with E-state index in [1.807, 2.05) is 26.5 Å². The second-order valence-corrected chi connectivity index (χ2v) is 4.45. The molecule has 3 heterocycles. The fourth-order valence-corrected chi connectivity index (χ4v) is 2.43. The van der Waals surface area contributed by atoms with Crippen LogP contribution in [0.2, 0.25) is 0 Å². The molecule has 7 heteroatoms. The lowest BCUT2D eigenvalue weighted by Crippen LogP contribution is -2.21. The molecule has 0 spiro atoms. The topological polar surface area (TPSA) is 69.3 Å². The average Bonchev–Trinajstić information content (AvgIpc) is 3.06. The van der Waals surface area contributed by atoms with Gasteiger partial charge < -0.3 is 10.1 Å². The number of hydrogen-bond acceptors (Lipinski definition) is 5. The maximum absolute atomic E-state index is 5.39. The Bertz CT molecular complexity index is 731. The van der Waals surface area contributed by atoms with Crippen LogP contribution in [0.1, 0.15) is 17.3 Å². The maximum atomic E-state index is 5.39. The summed E-state index contributed by atoms with van der Waals surface area (Å²) in [7, 11) is 5.44. The van der Waals surface area contributed by atoms with Crippen LogP contribution in [0.3, 0.4) is 0 Å². The highest BCUT2D eigenvalue weighted by molar-refractivity contribution is 5.56. The first-order valence-corrected chi connectivity index (χ1v) is 6.26. The Morgan fingerprint density at radius 2 is 2.10 bits per heavy atom. The van der Waals surface area contributed by atoms with Crippen molar-refractivity contribution in [3.8, 4) is 5.75 Å². The third-order valence-electron chi connectivity index (χ3n) is 3.40. The van der Waals surface area contributed by atoms with E-state index < -0.39 is 0 Å². The molecule has 0 aromatic carbocycles. The van der Waals surface area contributed by atoms with E-state index in [0.717, 1.165) is 22.5 Å². The molecule has 1 N–H and O–H groups in total. The van der Waals surface area contributed by atoms with Crippen LogP contribution in [-0.2, 0) is 7.05 Å². The van der Waals surface area contributed by atoms with E-state index >= 15 is 0 Å². The van der Waals surface area contributed by atoms with Crippen LogP contribution in [-0.4, -0.2) is 38.5 Å². The van der Waals surface area contributed by atoms with Gasteiger partial charge in [0.25, 0.3) is 0 Å². The molecule has 0 amide bonds. The van der Waals surface area contributed by atoms with Crippen molar-refractivity contribution >= 4 is 5.52 Å². The van der Waals surface area contributed by atoms with Crippen molar-refractivity contribution in [2.75, 3.05) is 14.2 Å². The number of methoxy groups -OCH3 is 1. The summed E-state index contributed by atoms with van der Waals surface area (Å²) in [5.74, 6) is 0.745. The molecule has 3 aromatic heterocycles. The predicted octanol–water partition coefficient (Wildman–Crippen LogP) is 0.780. The summed E-state index contributed by atoms with van der Waals surface area (Å²) >= 11 is 0. The van der Waals surface area contributed by atoms with Crippen molar-refractivity contribution in [3.05, 3.63) is 42.2 Å². The van der Waals surface area contributed by atoms with Crippen LogP contribution < -0.4 is 10.1 Å². The van der Waals surface area contributed by atoms with Crippen LogP contribution in [0, 0.1) is 0 Å². The third-order valence-corrected chi connectivity index (χ3v) is 3.40. The lowest BCUT2D eigenvalue weighted by atomic mass is 10.1. The molecule has 0 fully saturated rings. The van der Waals surface area contributed by atoms with Gasteiger partial charge >= 0.3 is 0 Å². The number of hydrogen-bond donors (Lipinski definition) is 1. The van der Waals surface area contributed by atoms with Gasteiger partial charge in [0.2, 0.25) is 0 Å². The summed E-state index contributed by atoms with van der Waals surface area (Å²) in [6.07, 6.45) is 8.89. The van der Waals surface area contributed by atoms with Gasteiger partial charge in [0, 0.05) is 25.0 Å². The van der Waals surface area contributed by atoms with E-state index in [1.54, 1.807) is 34.9 Å². The summed E-state index contributed by atoms with van der Waals surface area (Å²) in [6.45, 7) is 0. The van der Waals surface area contributed by atoms with Crippen molar-refractivity contribution in [2.45, 2.75) is 6.04 Å². The van der Waals surface area contributed by atoms with Gasteiger partial charge in [-0.25, -0.2) is 4.52 Å². The standard InChI is InChI=1S/C13H16N6O/c1-14-12(13-11(20-3)8-16-18(13)2)9-6-17-19-5-4-15-7-10(9)19/h4-8,12,14H,1-3H3. The molecule has 20 heavy (non-hydrogen) atoms. The zero-order chi connectivity index (χ0) is 14.1. The molecular weight excluding hydrogens is 256 g/mol. The summed E-state index contributed by atoms with van der Waals surface area (Å²) in [6, 6.07) is -0.0702. The van der Waals surface area contributed by atoms with Crippen LogP contribution in [0.15, 0.2) is 31.0 Å². The normalized spacial score (nSPS) is 12.8. The maximum Gasteiger partial charge on any atom is 0.161 e. The molecule has 104 valence electrons. The number of nitrogens with one attached hydrogen (secondary N) is 1. The lowest BCUT2D eigenvalue weighted by Gasteiger charge is -2.17. The van der Waals surface area contributed by atoms with E-state index in [-0.39, 0.29) is 6.04 Å². The molecule has 0 aliphatic heterocycles. The van der Waals surface area contributed by atoms with Gasteiger partial charge in [-0.2, -0.15) is 10.2 Å². The third kappa shape index (κ3) is 1.83. The molecule has 0 saturated heterocycles. The Morgan fingerprint density at radius 3 is 2.85 bits per heavy atom. The Hall–Kier alpha value is -2.41. The summed E-state index contributed by atoms with van der Waals surface area (Å²) in [4.78, 5) is 4.17. The van der Waals surface area contributed by atoms with Crippen LogP contribution in [0.5, 0.6) is 5.75 Å². The largest absolute Gasteiger partial charge is 0.493 e. The number of ether oxygens (including phenoxy) is 1. The van der Waals surface area contributed by atoms with Gasteiger partial charge in [0.05, 0.1) is 37.3 Å². The zero-order valence-corrected chi connectivity index (χ0v) is 11.6. The minimum atomic E-state index is -0.0702.